The molecule has 4 nitrogen and oxygen atoms in total. The van der Waals surface area contributed by atoms with Gasteiger partial charge in [0.1, 0.15) is 11.6 Å². The number of hydrogen-bond acceptors (Lipinski definition) is 4. The minimum absolute atomic E-state index is 0.0259. The van der Waals surface area contributed by atoms with Crippen LogP contribution in [0.15, 0.2) is 42.7 Å². The van der Waals surface area contributed by atoms with E-state index in [0.29, 0.717) is 18.2 Å². The molecule has 2 aromatic rings. The summed E-state index contributed by atoms with van der Waals surface area (Å²) in [5.41, 5.74) is -0.743. The van der Waals surface area contributed by atoms with Gasteiger partial charge < -0.3 is 18.9 Å². The number of alkyl halides is 5. The van der Waals surface area contributed by atoms with E-state index in [1.54, 1.807) is 0 Å². The van der Waals surface area contributed by atoms with Crippen LogP contribution in [-0.4, -0.2) is 31.8 Å². The lowest BCUT2D eigenvalue weighted by atomic mass is 10.0. The summed E-state index contributed by atoms with van der Waals surface area (Å²) >= 11 is 0. The van der Waals surface area contributed by atoms with Crippen LogP contribution in [0.25, 0.3) is 11.1 Å². The van der Waals surface area contributed by atoms with Crippen molar-refractivity contribution in [2.45, 2.75) is 38.3 Å². The Morgan fingerprint density at radius 1 is 0.943 bits per heavy atom. The minimum Gasteiger partial charge on any atom is -0.459 e. The molecule has 0 atom stereocenters. The van der Waals surface area contributed by atoms with Crippen molar-refractivity contribution in [1.29, 1.82) is 0 Å². The molecule has 0 bridgehead atoms. The maximum Gasteiger partial charge on any atom is 0.451 e. The maximum absolute atomic E-state index is 14.6. The molecule has 3 rings (SSSR count). The van der Waals surface area contributed by atoms with Crippen LogP contribution in [0.5, 0.6) is 11.5 Å². The summed E-state index contributed by atoms with van der Waals surface area (Å²) in [5, 5.41) is 0. The molecule has 0 saturated carbocycles. The predicted octanol–water partition coefficient (Wildman–Crippen LogP) is 6.99. The van der Waals surface area contributed by atoms with Gasteiger partial charge in [0.2, 0.25) is 0 Å². The summed E-state index contributed by atoms with van der Waals surface area (Å²) in [6, 6.07) is 3.70. The van der Waals surface area contributed by atoms with Gasteiger partial charge in [-0.2, -0.15) is 22.0 Å². The van der Waals surface area contributed by atoms with Gasteiger partial charge in [-0.1, -0.05) is 13.3 Å². The lowest BCUT2D eigenvalue weighted by Crippen LogP contribution is -2.47. The second-order valence-electron chi connectivity index (χ2n) is 7.69. The Kier molecular flexibility index (Phi) is 8.26. The summed E-state index contributed by atoms with van der Waals surface area (Å²) in [6.07, 6.45) is -9.46. The third-order valence-electron chi connectivity index (χ3n) is 4.88. The highest BCUT2D eigenvalue weighted by molar-refractivity contribution is 5.66. The smallest absolute Gasteiger partial charge is 0.451 e. The van der Waals surface area contributed by atoms with E-state index < -0.39 is 47.5 Å². The molecule has 192 valence electrons. The van der Waals surface area contributed by atoms with Gasteiger partial charge >= 0.3 is 12.3 Å². The number of rotatable bonds is 8. The fraction of sp³-hybridized carbons (Fsp3) is 0.391. The Labute approximate surface area is 195 Å². The number of hydrogen-bond donors (Lipinski definition) is 0. The molecule has 0 radical (unpaired) electrons. The van der Waals surface area contributed by atoms with E-state index in [0.717, 1.165) is 25.0 Å². The Bertz CT molecular complexity index is 1020. The van der Waals surface area contributed by atoms with Gasteiger partial charge in [0, 0.05) is 17.5 Å². The molecule has 0 aliphatic carbocycles. The molecular formula is C23H20F8O4. The summed E-state index contributed by atoms with van der Waals surface area (Å²) in [6.45, 7) is 2.03. The fourth-order valence-corrected chi connectivity index (χ4v) is 3.32. The van der Waals surface area contributed by atoms with E-state index in [2.05, 4.69) is 9.47 Å². The number of ether oxygens (including phenoxy) is 4. The second-order valence-corrected chi connectivity index (χ2v) is 7.69. The maximum atomic E-state index is 14.6. The minimum atomic E-state index is -4.76. The molecule has 0 N–H and O–H groups in total. The van der Waals surface area contributed by atoms with Crippen molar-refractivity contribution >= 4 is 0 Å². The van der Waals surface area contributed by atoms with Crippen LogP contribution >= 0.6 is 0 Å². The predicted molar refractivity (Wildman–Crippen MR) is 107 cm³/mol. The second kappa shape index (κ2) is 10.8. The zero-order valence-electron chi connectivity index (χ0n) is 18.2. The fourth-order valence-electron chi connectivity index (χ4n) is 3.32. The van der Waals surface area contributed by atoms with Crippen LogP contribution in [-0.2, 0) is 9.47 Å². The van der Waals surface area contributed by atoms with E-state index in [1.165, 1.54) is 0 Å². The molecule has 0 amide bonds. The largest absolute Gasteiger partial charge is 0.459 e. The molecule has 2 aromatic carbocycles. The number of benzene rings is 2. The first-order valence-electron chi connectivity index (χ1n) is 10.4. The molecule has 35 heavy (non-hydrogen) atoms. The molecule has 0 spiro atoms. The van der Waals surface area contributed by atoms with Crippen molar-refractivity contribution in [2.24, 2.45) is 5.92 Å². The molecule has 1 heterocycles. The molecule has 1 saturated heterocycles. The normalized spacial score (nSPS) is 19.2. The van der Waals surface area contributed by atoms with Gasteiger partial charge in [0.05, 0.1) is 25.6 Å². The molecule has 0 unspecified atom stereocenters. The SMILES string of the molecule is CCCC1COC(C(F)(F)Oc2ccc(-c3cc(F)c(OC=CC(F)(F)F)c(F)c3)c(F)c2)OC1. The zero-order valence-corrected chi connectivity index (χ0v) is 18.2. The Morgan fingerprint density at radius 3 is 2.11 bits per heavy atom. The van der Waals surface area contributed by atoms with Crippen LogP contribution in [0.4, 0.5) is 35.1 Å². The van der Waals surface area contributed by atoms with Gasteiger partial charge in [-0.15, -0.1) is 0 Å². The first-order chi connectivity index (χ1) is 16.4. The highest BCUT2D eigenvalue weighted by Gasteiger charge is 2.47. The molecule has 1 fully saturated rings. The van der Waals surface area contributed by atoms with E-state index in [1.807, 2.05) is 6.92 Å². The topological polar surface area (TPSA) is 36.9 Å². The molecule has 1 aliphatic heterocycles. The summed E-state index contributed by atoms with van der Waals surface area (Å²) < 4.78 is 127. The third-order valence-corrected chi connectivity index (χ3v) is 4.88. The van der Waals surface area contributed by atoms with E-state index >= 15 is 0 Å². The Hall–Kier alpha value is -2.86. The molecule has 1 aliphatic rings. The monoisotopic (exact) mass is 512 g/mol. The Morgan fingerprint density at radius 2 is 1.57 bits per heavy atom. The summed E-state index contributed by atoms with van der Waals surface area (Å²) in [7, 11) is 0. The standard InChI is InChI=1S/C23H20F8O4/c1-2-3-13-11-33-21(34-12-13)23(30,31)35-15-4-5-16(17(24)10-15)14-8-18(25)20(19(26)9-14)32-7-6-22(27,28)29/h4-10,13,21H,2-3,11-12H2,1H3. The number of halogens is 8. The highest BCUT2D eigenvalue weighted by atomic mass is 19.4. The van der Waals surface area contributed by atoms with Crippen LogP contribution < -0.4 is 9.47 Å². The number of allylic oxidation sites excluding steroid dienone is 1. The summed E-state index contributed by atoms with van der Waals surface area (Å²) in [5.74, 6) is -5.74. The van der Waals surface area contributed by atoms with E-state index in [-0.39, 0.29) is 42.6 Å². The van der Waals surface area contributed by atoms with Crippen LogP contribution in [0, 0.1) is 23.4 Å². The third kappa shape index (κ3) is 7.07. The van der Waals surface area contributed by atoms with Gasteiger partial charge in [0.25, 0.3) is 6.29 Å². The van der Waals surface area contributed by atoms with Gasteiger partial charge in [0.15, 0.2) is 17.4 Å². The van der Waals surface area contributed by atoms with Crippen molar-refractivity contribution in [1.82, 2.24) is 0 Å². The van der Waals surface area contributed by atoms with Crippen LogP contribution in [0.3, 0.4) is 0 Å². The molecule has 12 heteroatoms. The first kappa shape index (κ1) is 26.7. The van der Waals surface area contributed by atoms with Crippen molar-refractivity contribution in [3.63, 3.8) is 0 Å². The van der Waals surface area contributed by atoms with Crippen molar-refractivity contribution in [3.8, 4) is 22.6 Å². The molecule has 0 aromatic heterocycles. The molecular weight excluding hydrogens is 492 g/mol. The summed E-state index contributed by atoms with van der Waals surface area (Å²) in [4.78, 5) is 0. The van der Waals surface area contributed by atoms with Crippen molar-refractivity contribution in [3.05, 3.63) is 60.1 Å². The zero-order chi connectivity index (χ0) is 25.8. The van der Waals surface area contributed by atoms with Crippen LogP contribution in [0.2, 0.25) is 0 Å². The first-order valence-corrected chi connectivity index (χ1v) is 10.4. The average Bonchev–Trinajstić information content (AvgIpc) is 2.75. The van der Waals surface area contributed by atoms with Crippen molar-refractivity contribution in [2.75, 3.05) is 13.2 Å². The van der Waals surface area contributed by atoms with E-state index in [4.69, 9.17) is 9.47 Å². The lowest BCUT2D eigenvalue weighted by Gasteiger charge is -2.33. The lowest BCUT2D eigenvalue weighted by molar-refractivity contribution is -0.352. The highest BCUT2D eigenvalue weighted by Crippen LogP contribution is 2.35. The Balaban J connectivity index is 1.73. The van der Waals surface area contributed by atoms with Gasteiger partial charge in [-0.3, -0.25) is 0 Å². The van der Waals surface area contributed by atoms with Crippen LogP contribution in [0.1, 0.15) is 19.8 Å². The van der Waals surface area contributed by atoms with Crippen molar-refractivity contribution < 1.29 is 54.1 Å². The quantitative estimate of drug-likeness (QED) is 0.282. The average molecular weight is 512 g/mol. The van der Waals surface area contributed by atoms with Gasteiger partial charge in [-0.05, 0) is 36.2 Å². The van der Waals surface area contributed by atoms with Gasteiger partial charge in [-0.25, -0.2) is 13.2 Å². The van der Waals surface area contributed by atoms with E-state index in [9.17, 15) is 35.1 Å².